The minimum atomic E-state index is -0.0970. The van der Waals surface area contributed by atoms with Gasteiger partial charge in [0.15, 0.2) is 0 Å². The smallest absolute Gasteiger partial charge is 0.251 e. The second-order valence-electron chi connectivity index (χ2n) is 7.69. The maximum Gasteiger partial charge on any atom is 0.251 e. The summed E-state index contributed by atoms with van der Waals surface area (Å²) in [5.74, 6) is -0.000680. The van der Waals surface area contributed by atoms with Gasteiger partial charge in [-0.2, -0.15) is 0 Å². The average molecular weight is 394 g/mol. The molecule has 2 aromatic carbocycles. The van der Waals surface area contributed by atoms with Crippen molar-refractivity contribution in [1.82, 2.24) is 10.2 Å². The van der Waals surface area contributed by atoms with Crippen molar-refractivity contribution in [2.75, 3.05) is 31.6 Å². The largest absolute Gasteiger partial charge is 0.372 e. The van der Waals surface area contributed by atoms with Crippen molar-refractivity contribution in [3.8, 4) is 0 Å². The fourth-order valence-electron chi connectivity index (χ4n) is 3.65. The summed E-state index contributed by atoms with van der Waals surface area (Å²) < 4.78 is 0. The van der Waals surface area contributed by atoms with E-state index in [1.54, 1.807) is 17.0 Å². The zero-order chi connectivity index (χ0) is 20.5. The number of amides is 2. The van der Waals surface area contributed by atoms with Gasteiger partial charge in [-0.25, -0.2) is 0 Å². The summed E-state index contributed by atoms with van der Waals surface area (Å²) in [7, 11) is 1.84. The number of carbonyl (C=O) groups excluding carboxylic acids is 2. The molecule has 1 aliphatic rings. The van der Waals surface area contributed by atoms with Gasteiger partial charge in [0, 0.05) is 50.9 Å². The number of hydrogen-bond acceptors (Lipinski definition) is 3. The predicted molar refractivity (Wildman–Crippen MR) is 117 cm³/mol. The number of hydrogen-bond donors (Lipinski definition) is 1. The van der Waals surface area contributed by atoms with Crippen LogP contribution >= 0.6 is 0 Å². The summed E-state index contributed by atoms with van der Waals surface area (Å²) in [6, 6.07) is 17.7. The number of piperidine rings is 1. The van der Waals surface area contributed by atoms with Gasteiger partial charge in [0.05, 0.1) is 0 Å². The highest BCUT2D eigenvalue weighted by molar-refractivity contribution is 5.94. The first-order valence-electron chi connectivity index (χ1n) is 10.5. The molecule has 1 aliphatic heterocycles. The average Bonchev–Trinajstić information content (AvgIpc) is 2.78. The third-order valence-electron chi connectivity index (χ3n) is 5.39. The molecule has 0 radical (unpaired) electrons. The second-order valence-corrected chi connectivity index (χ2v) is 7.69. The van der Waals surface area contributed by atoms with Gasteiger partial charge in [0.25, 0.3) is 5.91 Å². The molecule has 0 bridgehead atoms. The number of rotatable bonds is 8. The highest BCUT2D eigenvalue weighted by Gasteiger charge is 2.12. The molecule has 0 saturated carbocycles. The van der Waals surface area contributed by atoms with E-state index in [1.807, 2.05) is 25.2 Å². The van der Waals surface area contributed by atoms with Crippen LogP contribution in [0.4, 0.5) is 5.69 Å². The van der Waals surface area contributed by atoms with E-state index in [-0.39, 0.29) is 11.8 Å². The van der Waals surface area contributed by atoms with Crippen molar-refractivity contribution >= 4 is 17.5 Å². The molecule has 0 spiro atoms. The lowest BCUT2D eigenvalue weighted by Gasteiger charge is -2.29. The van der Waals surface area contributed by atoms with E-state index in [9.17, 15) is 9.59 Å². The van der Waals surface area contributed by atoms with Gasteiger partial charge < -0.3 is 15.1 Å². The van der Waals surface area contributed by atoms with Crippen LogP contribution in [0.15, 0.2) is 54.6 Å². The minimum absolute atomic E-state index is 0.0964. The van der Waals surface area contributed by atoms with Gasteiger partial charge in [-0.3, -0.25) is 9.59 Å². The number of nitrogens with one attached hydrogen (secondary N) is 1. The molecule has 0 aliphatic carbocycles. The molecular formula is C24H31N3O2. The standard InChI is InChI=1S/C24H31N3O2/c1-26(19-20-12-14-22(15-13-20)27-17-6-3-7-18-27)23(28)11-8-16-25-24(29)21-9-4-2-5-10-21/h2,4-5,9-10,12-15H,3,6-8,11,16-19H2,1H3,(H,25,29). The van der Waals surface area contributed by atoms with Crippen molar-refractivity contribution in [3.63, 3.8) is 0 Å². The number of anilines is 1. The van der Waals surface area contributed by atoms with Crippen LogP contribution in [0.1, 0.15) is 48.0 Å². The molecule has 2 aromatic rings. The van der Waals surface area contributed by atoms with Crippen molar-refractivity contribution in [1.29, 1.82) is 0 Å². The summed E-state index contributed by atoms with van der Waals surface area (Å²) in [5.41, 5.74) is 3.06. The Morgan fingerprint density at radius 2 is 1.66 bits per heavy atom. The van der Waals surface area contributed by atoms with E-state index in [0.717, 1.165) is 18.7 Å². The molecule has 1 heterocycles. The van der Waals surface area contributed by atoms with E-state index in [1.165, 1.54) is 24.9 Å². The maximum absolute atomic E-state index is 12.4. The van der Waals surface area contributed by atoms with Crippen LogP contribution in [0.5, 0.6) is 0 Å². The molecule has 1 fully saturated rings. The van der Waals surface area contributed by atoms with Gasteiger partial charge in [0.2, 0.25) is 5.91 Å². The first kappa shape index (κ1) is 20.9. The summed E-state index contributed by atoms with van der Waals surface area (Å²) in [5, 5.41) is 2.87. The molecule has 29 heavy (non-hydrogen) atoms. The first-order chi connectivity index (χ1) is 14.1. The lowest BCUT2D eigenvalue weighted by Crippen LogP contribution is -2.29. The Labute approximate surface area is 173 Å². The Kier molecular flexibility index (Phi) is 7.68. The Bertz CT molecular complexity index is 784. The van der Waals surface area contributed by atoms with Crippen LogP contribution in [0, 0.1) is 0 Å². The van der Waals surface area contributed by atoms with Gasteiger partial charge in [0.1, 0.15) is 0 Å². The number of benzene rings is 2. The van der Waals surface area contributed by atoms with Crippen molar-refractivity contribution in [3.05, 3.63) is 65.7 Å². The maximum atomic E-state index is 12.4. The van der Waals surface area contributed by atoms with Crippen LogP contribution < -0.4 is 10.2 Å². The quantitative estimate of drug-likeness (QED) is 0.693. The Morgan fingerprint density at radius 3 is 2.34 bits per heavy atom. The van der Waals surface area contributed by atoms with E-state index in [2.05, 4.69) is 34.5 Å². The van der Waals surface area contributed by atoms with Crippen molar-refractivity contribution in [2.45, 2.75) is 38.6 Å². The third-order valence-corrected chi connectivity index (χ3v) is 5.39. The summed E-state index contributed by atoms with van der Waals surface area (Å²) in [6.07, 6.45) is 4.93. The monoisotopic (exact) mass is 393 g/mol. The molecule has 5 nitrogen and oxygen atoms in total. The molecule has 3 rings (SSSR count). The normalized spacial score (nSPS) is 13.8. The fraction of sp³-hybridized carbons (Fsp3) is 0.417. The molecule has 5 heteroatoms. The Hall–Kier alpha value is -2.82. The van der Waals surface area contributed by atoms with Crippen LogP contribution in [0.2, 0.25) is 0 Å². The van der Waals surface area contributed by atoms with Crippen molar-refractivity contribution < 1.29 is 9.59 Å². The highest BCUT2D eigenvalue weighted by Crippen LogP contribution is 2.20. The molecule has 1 N–H and O–H groups in total. The van der Waals surface area contributed by atoms with Gasteiger partial charge in [-0.15, -0.1) is 0 Å². The second kappa shape index (κ2) is 10.6. The summed E-state index contributed by atoms with van der Waals surface area (Å²) in [4.78, 5) is 28.6. The Morgan fingerprint density at radius 1 is 0.966 bits per heavy atom. The summed E-state index contributed by atoms with van der Waals surface area (Å²) in [6.45, 7) is 3.38. The van der Waals surface area contributed by atoms with E-state index < -0.39 is 0 Å². The van der Waals surface area contributed by atoms with Crippen LogP contribution in [-0.2, 0) is 11.3 Å². The number of nitrogens with zero attached hydrogens (tertiary/aromatic N) is 2. The summed E-state index contributed by atoms with van der Waals surface area (Å²) >= 11 is 0. The van der Waals surface area contributed by atoms with Crippen LogP contribution in [0.3, 0.4) is 0 Å². The van der Waals surface area contributed by atoms with Crippen LogP contribution in [-0.4, -0.2) is 43.4 Å². The molecule has 0 atom stereocenters. The minimum Gasteiger partial charge on any atom is -0.372 e. The molecule has 2 amide bonds. The third kappa shape index (κ3) is 6.34. The van der Waals surface area contributed by atoms with Crippen molar-refractivity contribution in [2.24, 2.45) is 0 Å². The molecular weight excluding hydrogens is 362 g/mol. The van der Waals surface area contributed by atoms with E-state index in [0.29, 0.717) is 31.5 Å². The van der Waals surface area contributed by atoms with Crippen LogP contribution in [0.25, 0.3) is 0 Å². The van der Waals surface area contributed by atoms with Gasteiger partial charge >= 0.3 is 0 Å². The number of carbonyl (C=O) groups is 2. The van der Waals surface area contributed by atoms with E-state index >= 15 is 0 Å². The zero-order valence-electron chi connectivity index (χ0n) is 17.3. The molecule has 1 saturated heterocycles. The van der Waals surface area contributed by atoms with E-state index in [4.69, 9.17) is 0 Å². The molecule has 154 valence electrons. The Balaban J connectivity index is 1.38. The predicted octanol–water partition coefficient (Wildman–Crippen LogP) is 3.85. The molecule has 0 aromatic heterocycles. The highest BCUT2D eigenvalue weighted by atomic mass is 16.2. The zero-order valence-corrected chi connectivity index (χ0v) is 17.3. The fourth-order valence-corrected chi connectivity index (χ4v) is 3.65. The lowest BCUT2D eigenvalue weighted by molar-refractivity contribution is -0.130. The first-order valence-corrected chi connectivity index (χ1v) is 10.5. The topological polar surface area (TPSA) is 52.6 Å². The lowest BCUT2D eigenvalue weighted by atomic mass is 10.1. The molecule has 0 unspecified atom stereocenters. The van der Waals surface area contributed by atoms with Gasteiger partial charge in [-0.05, 0) is 55.5 Å². The van der Waals surface area contributed by atoms with Gasteiger partial charge in [-0.1, -0.05) is 30.3 Å². The SMILES string of the molecule is CN(Cc1ccc(N2CCCCC2)cc1)C(=O)CCCNC(=O)c1ccccc1.